The number of carbonyl (C=O) groups is 1. The Balaban J connectivity index is 0.00000450. The molecule has 1 aromatic carbocycles. The summed E-state index contributed by atoms with van der Waals surface area (Å²) in [5.74, 6) is 1.40. The molecular weight excluding hydrogens is 422 g/mol. The van der Waals surface area contributed by atoms with Gasteiger partial charge in [-0.05, 0) is 63.1 Å². The number of hydrogen-bond donors (Lipinski definition) is 1. The zero-order valence-electron chi connectivity index (χ0n) is 18.6. The first-order valence-corrected chi connectivity index (χ1v) is 10.9. The van der Waals surface area contributed by atoms with Gasteiger partial charge >= 0.3 is 0 Å². The van der Waals surface area contributed by atoms with Gasteiger partial charge in [-0.2, -0.15) is 0 Å². The number of likely N-dealkylation sites (N-methyl/N-ethyl adjacent to an activating group) is 2. The summed E-state index contributed by atoms with van der Waals surface area (Å²) in [4.78, 5) is 18.4. The molecule has 0 aliphatic heterocycles. The number of ether oxygens (including phenoxy) is 2. The number of rotatable bonds is 12. The molecule has 2 aromatic rings. The van der Waals surface area contributed by atoms with Crippen LogP contribution in [0, 0.1) is 0 Å². The van der Waals surface area contributed by atoms with Crippen molar-refractivity contribution in [1.29, 1.82) is 0 Å². The zero-order chi connectivity index (χ0) is 21.2. The molecule has 0 radical (unpaired) electrons. The summed E-state index contributed by atoms with van der Waals surface area (Å²) in [6.45, 7) is 9.28. The molecule has 0 fully saturated rings. The van der Waals surface area contributed by atoms with Crippen LogP contribution in [0.15, 0.2) is 30.3 Å². The van der Waals surface area contributed by atoms with Crippen molar-refractivity contribution in [3.63, 3.8) is 0 Å². The summed E-state index contributed by atoms with van der Waals surface area (Å²) in [5.41, 5.74) is 1.01. The van der Waals surface area contributed by atoms with E-state index in [1.165, 1.54) is 11.3 Å². The van der Waals surface area contributed by atoms with Gasteiger partial charge in [0.05, 0.1) is 12.0 Å². The molecule has 1 amide bonds. The lowest BCUT2D eigenvalue weighted by Gasteiger charge is -2.18. The average molecular weight is 456 g/mol. The number of nitrogens with one attached hydrogen (secondary N) is 1. The van der Waals surface area contributed by atoms with Crippen LogP contribution >= 0.6 is 23.7 Å². The number of halogens is 1. The van der Waals surface area contributed by atoms with E-state index in [-0.39, 0.29) is 18.3 Å². The van der Waals surface area contributed by atoms with Gasteiger partial charge < -0.3 is 24.6 Å². The molecule has 1 heterocycles. The molecule has 0 bridgehead atoms. The third-order valence-electron chi connectivity index (χ3n) is 4.68. The van der Waals surface area contributed by atoms with Crippen LogP contribution in [0.2, 0.25) is 0 Å². The second kappa shape index (κ2) is 13.5. The molecule has 0 unspecified atom stereocenters. The first-order chi connectivity index (χ1) is 14.0. The Morgan fingerprint density at radius 2 is 1.80 bits per heavy atom. The standard InChI is InChI=1S/C22H33N3O3S.ClH/c1-6-25(7-2)14-15-28-18-9-8-17(16-19(18)27-5)20-10-11-21(29-20)22(26)23-12-13-24(3)4;/h8-11,16H,6-7,12-15H2,1-5H3,(H,23,26);1H. The van der Waals surface area contributed by atoms with Crippen molar-refractivity contribution < 1.29 is 14.3 Å². The van der Waals surface area contributed by atoms with Gasteiger partial charge in [0.1, 0.15) is 6.61 Å². The lowest BCUT2D eigenvalue weighted by Crippen LogP contribution is -2.30. The highest BCUT2D eigenvalue weighted by Crippen LogP contribution is 2.35. The Labute approximate surface area is 190 Å². The highest BCUT2D eigenvalue weighted by Gasteiger charge is 2.13. The van der Waals surface area contributed by atoms with E-state index in [0.29, 0.717) is 23.8 Å². The molecule has 1 aromatic heterocycles. The molecule has 0 aliphatic carbocycles. The Hall–Kier alpha value is -1.80. The summed E-state index contributed by atoms with van der Waals surface area (Å²) in [5, 5.41) is 2.95. The van der Waals surface area contributed by atoms with Gasteiger partial charge in [0.2, 0.25) is 0 Å². The lowest BCUT2D eigenvalue weighted by molar-refractivity contribution is 0.0955. The maximum absolute atomic E-state index is 12.3. The molecule has 0 saturated heterocycles. The molecule has 2 rings (SSSR count). The molecule has 0 spiro atoms. The van der Waals surface area contributed by atoms with Crippen LogP contribution < -0.4 is 14.8 Å². The molecule has 1 N–H and O–H groups in total. The molecule has 30 heavy (non-hydrogen) atoms. The highest BCUT2D eigenvalue weighted by atomic mass is 35.5. The molecule has 0 aliphatic rings. The number of hydrogen-bond acceptors (Lipinski definition) is 6. The minimum absolute atomic E-state index is 0. The molecular formula is C22H34ClN3O3S. The third-order valence-corrected chi connectivity index (χ3v) is 5.82. The van der Waals surface area contributed by atoms with Gasteiger partial charge in [-0.25, -0.2) is 0 Å². The topological polar surface area (TPSA) is 54.0 Å². The van der Waals surface area contributed by atoms with Gasteiger partial charge in [-0.15, -0.1) is 23.7 Å². The Kier molecular flexibility index (Phi) is 11.8. The van der Waals surface area contributed by atoms with Crippen LogP contribution in [0.5, 0.6) is 11.5 Å². The number of amides is 1. The summed E-state index contributed by atoms with van der Waals surface area (Å²) in [6, 6.07) is 9.75. The van der Waals surface area contributed by atoms with Crippen LogP contribution in [-0.4, -0.2) is 76.2 Å². The van der Waals surface area contributed by atoms with Gasteiger partial charge in [0.15, 0.2) is 11.5 Å². The lowest BCUT2D eigenvalue weighted by atomic mass is 10.1. The SMILES string of the molecule is CCN(CC)CCOc1ccc(-c2ccc(C(=O)NCCN(C)C)s2)cc1OC.Cl. The zero-order valence-corrected chi connectivity index (χ0v) is 20.2. The minimum Gasteiger partial charge on any atom is -0.493 e. The number of nitrogens with zero attached hydrogens (tertiary/aromatic N) is 2. The van der Waals surface area contributed by atoms with Crippen LogP contribution in [0.3, 0.4) is 0 Å². The van der Waals surface area contributed by atoms with Gasteiger partial charge in [0, 0.05) is 24.5 Å². The summed E-state index contributed by atoms with van der Waals surface area (Å²) in [6.07, 6.45) is 0. The molecule has 6 nitrogen and oxygen atoms in total. The predicted molar refractivity (Wildman–Crippen MR) is 128 cm³/mol. The first-order valence-electron chi connectivity index (χ1n) is 10.0. The fourth-order valence-corrected chi connectivity index (χ4v) is 3.78. The number of benzene rings is 1. The normalized spacial score (nSPS) is 10.8. The smallest absolute Gasteiger partial charge is 0.261 e. The van der Waals surface area contributed by atoms with Crippen LogP contribution in [0.25, 0.3) is 10.4 Å². The van der Waals surface area contributed by atoms with E-state index in [1.807, 2.05) is 49.3 Å². The molecule has 0 saturated carbocycles. The van der Waals surface area contributed by atoms with E-state index in [4.69, 9.17) is 9.47 Å². The fraction of sp³-hybridized carbons (Fsp3) is 0.500. The van der Waals surface area contributed by atoms with Crippen LogP contribution in [-0.2, 0) is 0 Å². The number of carbonyl (C=O) groups excluding carboxylic acids is 1. The van der Waals surface area contributed by atoms with E-state index in [0.717, 1.165) is 42.4 Å². The average Bonchev–Trinajstić information content (AvgIpc) is 3.21. The number of thiophene rings is 1. The Bertz CT molecular complexity index is 779. The van der Waals surface area contributed by atoms with E-state index >= 15 is 0 Å². The van der Waals surface area contributed by atoms with Crippen LogP contribution in [0.1, 0.15) is 23.5 Å². The number of methoxy groups -OCH3 is 1. The van der Waals surface area contributed by atoms with E-state index in [2.05, 4.69) is 24.1 Å². The van der Waals surface area contributed by atoms with Crippen molar-refractivity contribution in [3.8, 4) is 21.9 Å². The van der Waals surface area contributed by atoms with Crippen molar-refractivity contribution in [2.45, 2.75) is 13.8 Å². The second-order valence-corrected chi connectivity index (χ2v) is 8.05. The van der Waals surface area contributed by atoms with Gasteiger partial charge in [-0.1, -0.05) is 13.8 Å². The summed E-state index contributed by atoms with van der Waals surface area (Å²) >= 11 is 1.48. The summed E-state index contributed by atoms with van der Waals surface area (Å²) in [7, 11) is 5.62. The second-order valence-electron chi connectivity index (χ2n) is 6.96. The summed E-state index contributed by atoms with van der Waals surface area (Å²) < 4.78 is 11.5. The van der Waals surface area contributed by atoms with E-state index in [9.17, 15) is 4.79 Å². The van der Waals surface area contributed by atoms with Crippen molar-refractivity contribution in [2.75, 3.05) is 60.5 Å². The van der Waals surface area contributed by atoms with Gasteiger partial charge in [-0.3, -0.25) is 4.79 Å². The molecule has 8 heteroatoms. The highest BCUT2D eigenvalue weighted by molar-refractivity contribution is 7.17. The Morgan fingerprint density at radius 3 is 2.43 bits per heavy atom. The van der Waals surface area contributed by atoms with Crippen LogP contribution in [0.4, 0.5) is 0 Å². The van der Waals surface area contributed by atoms with Crippen molar-refractivity contribution in [3.05, 3.63) is 35.2 Å². The minimum atomic E-state index is -0.0357. The Morgan fingerprint density at radius 1 is 1.07 bits per heavy atom. The first kappa shape index (κ1) is 26.2. The maximum Gasteiger partial charge on any atom is 0.261 e. The van der Waals surface area contributed by atoms with Crippen molar-refractivity contribution in [2.24, 2.45) is 0 Å². The monoisotopic (exact) mass is 455 g/mol. The quantitative estimate of drug-likeness (QED) is 0.526. The van der Waals surface area contributed by atoms with E-state index < -0.39 is 0 Å². The maximum atomic E-state index is 12.3. The molecule has 0 atom stereocenters. The predicted octanol–water partition coefficient (Wildman–Crippen LogP) is 3.86. The third kappa shape index (κ3) is 7.80. The fourth-order valence-electron chi connectivity index (χ4n) is 2.86. The van der Waals surface area contributed by atoms with Gasteiger partial charge in [0.25, 0.3) is 5.91 Å². The van der Waals surface area contributed by atoms with E-state index in [1.54, 1.807) is 7.11 Å². The van der Waals surface area contributed by atoms with Crippen molar-refractivity contribution in [1.82, 2.24) is 15.1 Å². The van der Waals surface area contributed by atoms with Crippen molar-refractivity contribution >= 4 is 29.7 Å². The molecule has 168 valence electrons. The largest absolute Gasteiger partial charge is 0.493 e.